The third-order valence-electron chi connectivity index (χ3n) is 7.58. The number of halogens is 1. The number of pyridine rings is 1. The van der Waals surface area contributed by atoms with E-state index in [-0.39, 0.29) is 35.7 Å². The molecule has 39 heavy (non-hydrogen) atoms. The van der Waals surface area contributed by atoms with Gasteiger partial charge in [-0.1, -0.05) is 20.8 Å². The zero-order valence-corrected chi connectivity index (χ0v) is 23.9. The van der Waals surface area contributed by atoms with Crippen molar-refractivity contribution in [2.75, 3.05) is 31.2 Å². The van der Waals surface area contributed by atoms with E-state index in [9.17, 15) is 17.6 Å². The summed E-state index contributed by atoms with van der Waals surface area (Å²) in [5.74, 6) is 0.183. The van der Waals surface area contributed by atoms with E-state index >= 15 is 0 Å². The van der Waals surface area contributed by atoms with Gasteiger partial charge in [-0.2, -0.15) is 12.7 Å². The number of hydrogen-bond donors (Lipinski definition) is 1. The second kappa shape index (κ2) is 10.3. The van der Waals surface area contributed by atoms with Crippen LogP contribution in [0.4, 0.5) is 10.2 Å². The zero-order chi connectivity index (χ0) is 28.1. The van der Waals surface area contributed by atoms with E-state index in [0.717, 1.165) is 6.42 Å². The zero-order valence-electron chi connectivity index (χ0n) is 23.1. The third-order valence-corrected chi connectivity index (χ3v) is 9.09. The number of morpholine rings is 1. The number of amides is 1. The molecule has 3 atom stereocenters. The molecule has 2 aromatic rings. The first-order chi connectivity index (χ1) is 18.3. The van der Waals surface area contributed by atoms with Crippen LogP contribution in [0, 0.1) is 17.7 Å². The number of nitrogens with one attached hydrogen (secondary N) is 1. The van der Waals surface area contributed by atoms with Gasteiger partial charge in [-0.15, -0.1) is 0 Å². The minimum atomic E-state index is -4.06. The molecule has 1 aromatic carbocycles. The average Bonchev–Trinajstić information content (AvgIpc) is 3.56. The van der Waals surface area contributed by atoms with Crippen LogP contribution in [0.15, 0.2) is 30.3 Å². The van der Waals surface area contributed by atoms with Crippen molar-refractivity contribution in [1.29, 1.82) is 0 Å². The molecule has 0 aliphatic carbocycles. The molecule has 2 bridgehead atoms. The molecule has 11 heteroatoms. The first-order valence-corrected chi connectivity index (χ1v) is 14.9. The fourth-order valence-electron chi connectivity index (χ4n) is 5.90. The summed E-state index contributed by atoms with van der Waals surface area (Å²) >= 11 is 0. The molecule has 212 valence electrons. The number of benzene rings is 1. The molecule has 1 N–H and O–H groups in total. The van der Waals surface area contributed by atoms with Crippen molar-refractivity contribution in [1.82, 2.24) is 14.0 Å². The summed E-state index contributed by atoms with van der Waals surface area (Å²) in [5.41, 5.74) is 0.797. The van der Waals surface area contributed by atoms with Gasteiger partial charge in [0, 0.05) is 30.3 Å². The monoisotopic (exact) mass is 560 g/mol. The molecule has 3 aliphatic rings. The third kappa shape index (κ3) is 5.76. The molecule has 4 heterocycles. The van der Waals surface area contributed by atoms with Crippen molar-refractivity contribution in [3.8, 4) is 17.0 Å². The minimum absolute atomic E-state index is 0.134. The molecule has 3 aliphatic heterocycles. The Morgan fingerprint density at radius 3 is 2.64 bits per heavy atom. The second-order valence-electron chi connectivity index (χ2n) is 12.0. The SMILES string of the molecule is CC(C)COc1cc(F)cc(-c2ccc(C(=O)NS(=O)(=O)N3CC4C[C@H]3CO4)c(N3C[C@@H](C)CC3(C)C)n2)c1. The highest BCUT2D eigenvalue weighted by atomic mass is 32.2. The van der Waals surface area contributed by atoms with Crippen LogP contribution < -0.4 is 14.4 Å². The highest BCUT2D eigenvalue weighted by molar-refractivity contribution is 7.87. The molecule has 3 fully saturated rings. The maximum atomic E-state index is 14.6. The number of carbonyl (C=O) groups is 1. The first-order valence-electron chi connectivity index (χ1n) is 13.5. The molecule has 1 unspecified atom stereocenters. The highest BCUT2D eigenvalue weighted by Gasteiger charge is 2.46. The van der Waals surface area contributed by atoms with Gasteiger partial charge in [-0.3, -0.25) is 4.79 Å². The van der Waals surface area contributed by atoms with E-state index in [0.29, 0.717) is 54.9 Å². The first kappa shape index (κ1) is 27.8. The number of carbonyl (C=O) groups excluding carboxylic acids is 1. The lowest BCUT2D eigenvalue weighted by Crippen LogP contribution is -2.49. The molecule has 0 saturated carbocycles. The lowest BCUT2D eigenvalue weighted by Gasteiger charge is -2.34. The van der Waals surface area contributed by atoms with Crippen LogP contribution >= 0.6 is 0 Å². The summed E-state index contributed by atoms with van der Waals surface area (Å²) in [7, 11) is -4.06. The summed E-state index contributed by atoms with van der Waals surface area (Å²) in [5, 5.41) is 0. The molecular weight excluding hydrogens is 523 g/mol. The maximum Gasteiger partial charge on any atom is 0.304 e. The van der Waals surface area contributed by atoms with Gasteiger partial charge in [0.1, 0.15) is 17.4 Å². The molecule has 1 amide bonds. The van der Waals surface area contributed by atoms with Gasteiger partial charge >= 0.3 is 10.2 Å². The van der Waals surface area contributed by atoms with E-state index in [1.165, 1.54) is 16.4 Å². The van der Waals surface area contributed by atoms with Crippen molar-refractivity contribution in [3.63, 3.8) is 0 Å². The van der Waals surface area contributed by atoms with Gasteiger partial charge in [0.05, 0.1) is 36.6 Å². The molecule has 9 nitrogen and oxygen atoms in total. The molecule has 0 spiro atoms. The van der Waals surface area contributed by atoms with E-state index < -0.39 is 21.9 Å². The van der Waals surface area contributed by atoms with Crippen LogP contribution in [0.1, 0.15) is 57.8 Å². The Kier molecular flexibility index (Phi) is 7.36. The van der Waals surface area contributed by atoms with Gasteiger partial charge in [-0.05, 0) is 62.8 Å². The summed E-state index contributed by atoms with van der Waals surface area (Å²) < 4.78 is 55.7. The largest absolute Gasteiger partial charge is 0.493 e. The van der Waals surface area contributed by atoms with Crippen LogP contribution in [0.5, 0.6) is 5.75 Å². The molecule has 0 radical (unpaired) electrons. The summed E-state index contributed by atoms with van der Waals surface area (Å²) in [6.45, 7) is 12.0. The Balaban J connectivity index is 1.50. The van der Waals surface area contributed by atoms with E-state index in [1.807, 2.05) is 18.7 Å². The fraction of sp³-hybridized carbons (Fsp3) is 0.571. The Labute approximate surface area is 229 Å². The summed E-state index contributed by atoms with van der Waals surface area (Å²) in [4.78, 5) is 20.4. The van der Waals surface area contributed by atoms with Crippen LogP contribution in [-0.2, 0) is 14.9 Å². The standard InChI is InChI=1S/C28H37FN4O5S/c1-17(2)15-37-22-9-19(8-20(29)10-22)25-7-6-24(26(30-25)32-13-18(3)12-28(32,4)5)27(34)31-39(35,36)33-14-23-11-21(33)16-38-23/h6-10,17-18,21,23H,11-16H2,1-5H3,(H,31,34)/t18-,21-,23?/m0/s1. The Bertz CT molecular complexity index is 1370. The van der Waals surface area contributed by atoms with Crippen molar-refractivity contribution < 1.29 is 27.1 Å². The number of ether oxygens (including phenoxy) is 2. The Hall–Kier alpha value is -2.76. The quantitative estimate of drug-likeness (QED) is 0.521. The van der Waals surface area contributed by atoms with Gasteiger partial charge in [-0.25, -0.2) is 14.1 Å². The topological polar surface area (TPSA) is 101 Å². The normalized spacial score (nSPS) is 24.5. The number of anilines is 1. The van der Waals surface area contributed by atoms with Gasteiger partial charge in [0.15, 0.2) is 0 Å². The second-order valence-corrected chi connectivity index (χ2v) is 13.7. The molecule has 3 saturated heterocycles. The molecule has 1 aromatic heterocycles. The number of fused-ring (bicyclic) bond motifs is 2. The Morgan fingerprint density at radius 1 is 1.26 bits per heavy atom. The molecule has 5 rings (SSSR count). The highest BCUT2D eigenvalue weighted by Crippen LogP contribution is 2.39. The average molecular weight is 561 g/mol. The van der Waals surface area contributed by atoms with E-state index in [2.05, 4.69) is 25.5 Å². The van der Waals surface area contributed by atoms with Crippen molar-refractivity contribution in [2.24, 2.45) is 11.8 Å². The van der Waals surface area contributed by atoms with Crippen molar-refractivity contribution >= 4 is 21.9 Å². The Morgan fingerprint density at radius 2 is 2.03 bits per heavy atom. The number of aromatic nitrogens is 1. The van der Waals surface area contributed by atoms with Crippen LogP contribution in [0.3, 0.4) is 0 Å². The lowest BCUT2D eigenvalue weighted by atomic mass is 9.97. The lowest BCUT2D eigenvalue weighted by molar-refractivity contribution is 0.0601. The smallest absolute Gasteiger partial charge is 0.304 e. The predicted octanol–water partition coefficient (Wildman–Crippen LogP) is 4.00. The summed E-state index contributed by atoms with van der Waals surface area (Å²) in [6, 6.07) is 7.36. The van der Waals surface area contributed by atoms with Gasteiger partial charge in [0.2, 0.25) is 0 Å². The number of rotatable bonds is 8. The minimum Gasteiger partial charge on any atom is -0.493 e. The van der Waals surface area contributed by atoms with Crippen LogP contribution in [0.25, 0.3) is 11.3 Å². The summed E-state index contributed by atoms with van der Waals surface area (Å²) in [6.07, 6.45) is 1.38. The van der Waals surface area contributed by atoms with Crippen molar-refractivity contribution in [2.45, 2.75) is 65.1 Å². The van der Waals surface area contributed by atoms with E-state index in [1.54, 1.807) is 18.2 Å². The van der Waals surface area contributed by atoms with Crippen LogP contribution in [-0.4, -0.2) is 67.6 Å². The van der Waals surface area contributed by atoms with Gasteiger partial charge < -0.3 is 14.4 Å². The fourth-order valence-corrected chi connectivity index (χ4v) is 7.26. The van der Waals surface area contributed by atoms with Gasteiger partial charge in [0.25, 0.3) is 5.91 Å². The number of hydrogen-bond acceptors (Lipinski definition) is 7. The molecular formula is C28H37FN4O5S. The maximum absolute atomic E-state index is 14.6. The van der Waals surface area contributed by atoms with Crippen molar-refractivity contribution in [3.05, 3.63) is 41.7 Å². The predicted molar refractivity (Wildman–Crippen MR) is 146 cm³/mol. The van der Waals surface area contributed by atoms with E-state index in [4.69, 9.17) is 14.5 Å². The number of nitrogens with zero attached hydrogens (tertiary/aromatic N) is 3. The van der Waals surface area contributed by atoms with Crippen LogP contribution in [0.2, 0.25) is 0 Å².